The van der Waals surface area contributed by atoms with Crippen LogP contribution in [0.1, 0.15) is 28.1 Å². The third kappa shape index (κ3) is 3.39. The average Bonchev–Trinajstić information content (AvgIpc) is 2.57. The van der Waals surface area contributed by atoms with Crippen LogP contribution in [0, 0.1) is 32.1 Å². The van der Waals surface area contributed by atoms with Crippen LogP contribution in [0.3, 0.4) is 0 Å². The maximum atomic E-state index is 9.18. The summed E-state index contributed by atoms with van der Waals surface area (Å²) in [4.78, 5) is 13.9. The first-order valence-electron chi connectivity index (χ1n) is 8.34. The van der Waals surface area contributed by atoms with Crippen molar-refractivity contribution in [1.82, 2.24) is 14.9 Å². The average molecular weight is 321 g/mol. The lowest BCUT2D eigenvalue weighted by Crippen LogP contribution is -2.46. The molecule has 2 aromatic heterocycles. The van der Waals surface area contributed by atoms with Crippen LogP contribution in [-0.2, 0) is 6.54 Å². The SMILES string of the molecule is Cc1cccnc1CN1CCN(c2cc(C)c(C#N)c(C)n2)CC1. The molecule has 0 bridgehead atoms. The number of hydrogen-bond acceptors (Lipinski definition) is 5. The van der Waals surface area contributed by atoms with Gasteiger partial charge in [-0.05, 0) is 44.0 Å². The molecule has 0 aliphatic carbocycles. The van der Waals surface area contributed by atoms with Crippen molar-refractivity contribution in [2.45, 2.75) is 27.3 Å². The second-order valence-corrected chi connectivity index (χ2v) is 6.40. The molecule has 5 heteroatoms. The number of rotatable bonds is 3. The lowest BCUT2D eigenvalue weighted by atomic mass is 10.1. The zero-order valence-electron chi connectivity index (χ0n) is 14.6. The van der Waals surface area contributed by atoms with Gasteiger partial charge < -0.3 is 4.90 Å². The standard InChI is InChI=1S/C19H23N5/c1-14-5-4-6-21-18(14)13-23-7-9-24(10-8-23)19-11-15(2)17(12-20)16(3)22-19/h4-6,11H,7-10,13H2,1-3H3. The molecule has 0 atom stereocenters. The highest BCUT2D eigenvalue weighted by atomic mass is 15.3. The van der Waals surface area contributed by atoms with Gasteiger partial charge in [0, 0.05) is 38.9 Å². The lowest BCUT2D eigenvalue weighted by Gasteiger charge is -2.35. The smallest absolute Gasteiger partial charge is 0.129 e. The Morgan fingerprint density at radius 3 is 2.50 bits per heavy atom. The summed E-state index contributed by atoms with van der Waals surface area (Å²) >= 11 is 0. The Hall–Kier alpha value is -2.45. The molecule has 0 aromatic carbocycles. The molecule has 0 saturated carbocycles. The molecule has 1 saturated heterocycles. The van der Waals surface area contributed by atoms with E-state index in [0.717, 1.165) is 55.5 Å². The molecule has 0 N–H and O–H groups in total. The Morgan fingerprint density at radius 1 is 1.12 bits per heavy atom. The Kier molecular flexibility index (Phi) is 4.77. The van der Waals surface area contributed by atoms with Crippen LogP contribution < -0.4 is 4.90 Å². The molecule has 124 valence electrons. The van der Waals surface area contributed by atoms with Crippen molar-refractivity contribution in [2.75, 3.05) is 31.1 Å². The molecule has 3 rings (SSSR count). The van der Waals surface area contributed by atoms with E-state index in [9.17, 15) is 5.26 Å². The molecule has 0 amide bonds. The van der Waals surface area contributed by atoms with Crippen LogP contribution in [0.5, 0.6) is 0 Å². The van der Waals surface area contributed by atoms with Crippen molar-refractivity contribution in [3.8, 4) is 6.07 Å². The van der Waals surface area contributed by atoms with Crippen LogP contribution in [0.4, 0.5) is 5.82 Å². The molecule has 1 aliphatic heterocycles. The quantitative estimate of drug-likeness (QED) is 0.870. The van der Waals surface area contributed by atoms with Crippen molar-refractivity contribution in [3.05, 3.63) is 52.5 Å². The van der Waals surface area contributed by atoms with E-state index in [1.54, 1.807) is 0 Å². The number of aromatic nitrogens is 2. The Balaban J connectivity index is 1.65. The van der Waals surface area contributed by atoms with E-state index in [1.807, 2.05) is 32.2 Å². The Morgan fingerprint density at radius 2 is 1.88 bits per heavy atom. The van der Waals surface area contributed by atoms with Crippen molar-refractivity contribution < 1.29 is 0 Å². The second kappa shape index (κ2) is 6.98. The predicted molar refractivity (Wildman–Crippen MR) is 94.9 cm³/mol. The van der Waals surface area contributed by atoms with Gasteiger partial charge in [0.25, 0.3) is 0 Å². The Bertz CT molecular complexity index is 747. The molecule has 5 nitrogen and oxygen atoms in total. The molecular formula is C19H23N5. The van der Waals surface area contributed by atoms with Gasteiger partial charge >= 0.3 is 0 Å². The van der Waals surface area contributed by atoms with Gasteiger partial charge in [-0.1, -0.05) is 6.07 Å². The van der Waals surface area contributed by atoms with Gasteiger partial charge in [-0.2, -0.15) is 5.26 Å². The van der Waals surface area contributed by atoms with Crippen LogP contribution in [-0.4, -0.2) is 41.0 Å². The summed E-state index contributed by atoms with van der Waals surface area (Å²) in [6.45, 7) is 10.8. The lowest BCUT2D eigenvalue weighted by molar-refractivity contribution is 0.246. The number of pyridine rings is 2. The van der Waals surface area contributed by atoms with Crippen LogP contribution >= 0.6 is 0 Å². The van der Waals surface area contributed by atoms with E-state index in [2.05, 4.69) is 38.8 Å². The third-order valence-corrected chi connectivity index (χ3v) is 4.68. The number of nitriles is 1. The molecule has 1 aliphatic rings. The molecule has 24 heavy (non-hydrogen) atoms. The maximum Gasteiger partial charge on any atom is 0.129 e. The summed E-state index contributed by atoms with van der Waals surface area (Å²) in [5.74, 6) is 0.984. The summed E-state index contributed by atoms with van der Waals surface area (Å²) in [5, 5.41) is 9.18. The van der Waals surface area contributed by atoms with Crippen LogP contribution in [0.15, 0.2) is 24.4 Å². The van der Waals surface area contributed by atoms with E-state index in [1.165, 1.54) is 5.56 Å². The molecule has 0 radical (unpaired) electrons. The van der Waals surface area contributed by atoms with E-state index >= 15 is 0 Å². The maximum absolute atomic E-state index is 9.18. The van der Waals surface area contributed by atoms with Crippen molar-refractivity contribution in [2.24, 2.45) is 0 Å². The number of nitrogens with zero attached hydrogens (tertiary/aromatic N) is 5. The second-order valence-electron chi connectivity index (χ2n) is 6.40. The topological polar surface area (TPSA) is 56.1 Å². The minimum Gasteiger partial charge on any atom is -0.354 e. The van der Waals surface area contributed by atoms with E-state index in [0.29, 0.717) is 5.56 Å². The molecule has 3 heterocycles. The highest BCUT2D eigenvalue weighted by molar-refractivity contribution is 5.50. The monoisotopic (exact) mass is 321 g/mol. The first-order chi connectivity index (χ1) is 11.6. The molecule has 0 spiro atoms. The van der Waals surface area contributed by atoms with Crippen molar-refractivity contribution >= 4 is 5.82 Å². The van der Waals surface area contributed by atoms with Gasteiger partial charge in [0.15, 0.2) is 0 Å². The fraction of sp³-hybridized carbons (Fsp3) is 0.421. The summed E-state index contributed by atoms with van der Waals surface area (Å²) in [6, 6.07) is 8.37. The van der Waals surface area contributed by atoms with Gasteiger partial charge in [0.1, 0.15) is 11.9 Å². The molecule has 1 fully saturated rings. The minimum atomic E-state index is 0.697. The zero-order valence-corrected chi connectivity index (χ0v) is 14.6. The summed E-state index contributed by atoms with van der Waals surface area (Å²) < 4.78 is 0. The first kappa shape index (κ1) is 16.4. The van der Waals surface area contributed by atoms with Crippen molar-refractivity contribution in [1.29, 1.82) is 5.26 Å². The van der Waals surface area contributed by atoms with Gasteiger partial charge in [0.05, 0.1) is 17.0 Å². The summed E-state index contributed by atoms with van der Waals surface area (Å²) in [7, 11) is 0. The summed E-state index contributed by atoms with van der Waals surface area (Å²) in [6.07, 6.45) is 1.87. The fourth-order valence-electron chi connectivity index (χ4n) is 3.17. The normalized spacial score (nSPS) is 15.3. The van der Waals surface area contributed by atoms with Crippen LogP contribution in [0.25, 0.3) is 0 Å². The molecular weight excluding hydrogens is 298 g/mol. The first-order valence-corrected chi connectivity index (χ1v) is 8.34. The van der Waals surface area contributed by atoms with Gasteiger partial charge in [-0.15, -0.1) is 0 Å². The predicted octanol–water partition coefficient (Wildman–Crippen LogP) is 2.60. The van der Waals surface area contributed by atoms with E-state index < -0.39 is 0 Å². The highest BCUT2D eigenvalue weighted by Gasteiger charge is 2.20. The fourth-order valence-corrected chi connectivity index (χ4v) is 3.17. The van der Waals surface area contributed by atoms with Crippen LogP contribution in [0.2, 0.25) is 0 Å². The minimum absolute atomic E-state index is 0.697. The Labute approximate surface area is 143 Å². The number of aryl methyl sites for hydroxylation is 3. The third-order valence-electron chi connectivity index (χ3n) is 4.68. The number of hydrogen-bond donors (Lipinski definition) is 0. The largest absolute Gasteiger partial charge is 0.354 e. The highest BCUT2D eigenvalue weighted by Crippen LogP contribution is 2.20. The molecule has 2 aromatic rings. The molecule has 0 unspecified atom stereocenters. The van der Waals surface area contributed by atoms with Gasteiger partial charge in [0.2, 0.25) is 0 Å². The zero-order chi connectivity index (χ0) is 17.1. The van der Waals surface area contributed by atoms with E-state index in [4.69, 9.17) is 0 Å². The van der Waals surface area contributed by atoms with Crippen molar-refractivity contribution in [3.63, 3.8) is 0 Å². The van der Waals surface area contributed by atoms with E-state index in [-0.39, 0.29) is 0 Å². The summed E-state index contributed by atoms with van der Waals surface area (Å²) in [5.41, 5.74) is 4.93. The van der Waals surface area contributed by atoms with Gasteiger partial charge in [-0.25, -0.2) is 4.98 Å². The number of piperazine rings is 1. The number of anilines is 1. The van der Waals surface area contributed by atoms with Gasteiger partial charge in [-0.3, -0.25) is 9.88 Å².